The number of fused-ring (bicyclic) bond motifs is 1. The number of hydrogen-bond donors (Lipinski definition) is 0. The van der Waals surface area contributed by atoms with Crippen molar-refractivity contribution in [3.8, 4) is 0 Å². The highest BCUT2D eigenvalue weighted by Crippen LogP contribution is 2.28. The first-order valence-corrected chi connectivity index (χ1v) is 5.58. The molecule has 0 aliphatic carbocycles. The van der Waals surface area contributed by atoms with Crippen molar-refractivity contribution in [2.45, 2.75) is 19.9 Å². The smallest absolute Gasteiger partial charge is 0.156 e. The van der Waals surface area contributed by atoms with E-state index in [1.165, 1.54) is 11.3 Å². The normalized spacial score (nSPS) is 14.2. The first kappa shape index (κ1) is 9.46. The van der Waals surface area contributed by atoms with Crippen molar-refractivity contribution in [3.63, 3.8) is 0 Å². The average Bonchev–Trinajstić information content (AvgIpc) is 2.87. The van der Waals surface area contributed by atoms with Crippen LogP contribution in [-0.4, -0.2) is 11.7 Å². The van der Waals surface area contributed by atoms with Gasteiger partial charge < -0.3 is 9.42 Å². The molecule has 1 aromatic carbocycles. The van der Waals surface area contributed by atoms with Crippen LogP contribution in [0, 0.1) is 6.92 Å². The van der Waals surface area contributed by atoms with Crippen molar-refractivity contribution in [1.29, 1.82) is 0 Å². The molecule has 3 nitrogen and oxygen atoms in total. The molecule has 0 spiro atoms. The molecule has 1 aliphatic heterocycles. The quantitative estimate of drug-likeness (QED) is 0.769. The van der Waals surface area contributed by atoms with Crippen molar-refractivity contribution >= 4 is 5.69 Å². The summed E-state index contributed by atoms with van der Waals surface area (Å²) in [6.07, 6.45) is 1.13. The molecule has 0 radical (unpaired) electrons. The zero-order chi connectivity index (χ0) is 11.0. The average molecular weight is 214 g/mol. The van der Waals surface area contributed by atoms with E-state index in [4.69, 9.17) is 4.52 Å². The van der Waals surface area contributed by atoms with E-state index in [-0.39, 0.29) is 0 Å². The Balaban J connectivity index is 1.83. The van der Waals surface area contributed by atoms with Gasteiger partial charge in [0.15, 0.2) is 5.76 Å². The van der Waals surface area contributed by atoms with E-state index in [1.54, 1.807) is 0 Å². The van der Waals surface area contributed by atoms with E-state index in [1.807, 2.05) is 13.0 Å². The number of para-hydroxylation sites is 1. The number of hydrogen-bond acceptors (Lipinski definition) is 3. The molecule has 1 aromatic heterocycles. The number of benzene rings is 1. The van der Waals surface area contributed by atoms with Gasteiger partial charge in [0.2, 0.25) is 0 Å². The fourth-order valence-corrected chi connectivity index (χ4v) is 2.25. The molecule has 0 atom stereocenters. The van der Waals surface area contributed by atoms with E-state index < -0.39 is 0 Å². The summed E-state index contributed by atoms with van der Waals surface area (Å²) in [5.41, 5.74) is 3.71. The molecule has 0 N–H and O–H groups in total. The molecule has 0 bridgehead atoms. The van der Waals surface area contributed by atoms with Crippen LogP contribution >= 0.6 is 0 Å². The summed E-state index contributed by atoms with van der Waals surface area (Å²) in [7, 11) is 0. The maximum atomic E-state index is 5.25. The van der Waals surface area contributed by atoms with Crippen LogP contribution < -0.4 is 4.90 Å². The van der Waals surface area contributed by atoms with Crippen LogP contribution in [0.3, 0.4) is 0 Å². The minimum absolute atomic E-state index is 0.817. The fourth-order valence-electron chi connectivity index (χ4n) is 2.25. The van der Waals surface area contributed by atoms with Crippen LogP contribution in [-0.2, 0) is 13.0 Å². The van der Waals surface area contributed by atoms with E-state index >= 15 is 0 Å². The zero-order valence-electron chi connectivity index (χ0n) is 9.31. The van der Waals surface area contributed by atoms with Gasteiger partial charge in [-0.2, -0.15) is 0 Å². The van der Waals surface area contributed by atoms with Crippen molar-refractivity contribution in [1.82, 2.24) is 5.16 Å². The first-order chi connectivity index (χ1) is 7.83. The van der Waals surface area contributed by atoms with Crippen LogP contribution in [0.4, 0.5) is 5.69 Å². The molecule has 82 valence electrons. The van der Waals surface area contributed by atoms with Gasteiger partial charge in [-0.1, -0.05) is 23.4 Å². The molecule has 16 heavy (non-hydrogen) atoms. The number of aromatic nitrogens is 1. The standard InChI is InChI=1S/C13H14N2O/c1-10-8-12(16-14-10)9-15-7-6-11-4-2-3-5-13(11)15/h2-5,8H,6-7,9H2,1H3. The molecule has 2 aromatic rings. The van der Waals surface area contributed by atoms with Gasteiger partial charge in [0.05, 0.1) is 12.2 Å². The van der Waals surface area contributed by atoms with Crippen LogP contribution in [0.2, 0.25) is 0 Å². The van der Waals surface area contributed by atoms with Gasteiger partial charge >= 0.3 is 0 Å². The fraction of sp³-hybridized carbons (Fsp3) is 0.308. The maximum absolute atomic E-state index is 5.25. The molecule has 0 fully saturated rings. The summed E-state index contributed by atoms with van der Waals surface area (Å²) in [5.74, 6) is 0.939. The molecule has 0 unspecified atom stereocenters. The highest BCUT2D eigenvalue weighted by molar-refractivity contribution is 5.57. The lowest BCUT2D eigenvalue weighted by molar-refractivity contribution is 0.378. The van der Waals surface area contributed by atoms with Crippen LogP contribution in [0.1, 0.15) is 17.0 Å². The van der Waals surface area contributed by atoms with Crippen molar-refractivity contribution in [3.05, 3.63) is 47.3 Å². The Hall–Kier alpha value is -1.77. The summed E-state index contributed by atoms with van der Waals surface area (Å²) in [6.45, 7) is 3.84. The Bertz CT molecular complexity index is 504. The van der Waals surface area contributed by atoms with Gasteiger partial charge in [-0.05, 0) is 25.0 Å². The lowest BCUT2D eigenvalue weighted by Gasteiger charge is -2.16. The van der Waals surface area contributed by atoms with Gasteiger partial charge in [0.1, 0.15) is 0 Å². The second-order valence-corrected chi connectivity index (χ2v) is 4.23. The topological polar surface area (TPSA) is 29.3 Å². The highest BCUT2D eigenvalue weighted by Gasteiger charge is 2.19. The zero-order valence-corrected chi connectivity index (χ0v) is 9.31. The summed E-state index contributed by atoms with van der Waals surface area (Å²) < 4.78 is 5.25. The number of nitrogens with zero attached hydrogens (tertiary/aromatic N) is 2. The van der Waals surface area contributed by atoms with Crippen LogP contribution in [0.5, 0.6) is 0 Å². The lowest BCUT2D eigenvalue weighted by atomic mass is 10.2. The Labute approximate surface area is 94.7 Å². The van der Waals surface area contributed by atoms with Gasteiger partial charge in [0, 0.05) is 18.3 Å². The molecule has 0 saturated heterocycles. The lowest BCUT2D eigenvalue weighted by Crippen LogP contribution is -2.19. The Morgan fingerprint density at radius 1 is 1.38 bits per heavy atom. The Morgan fingerprint density at radius 2 is 2.25 bits per heavy atom. The number of anilines is 1. The van der Waals surface area contributed by atoms with Crippen LogP contribution in [0.25, 0.3) is 0 Å². The van der Waals surface area contributed by atoms with E-state index in [2.05, 4.69) is 34.3 Å². The minimum atomic E-state index is 0.817. The van der Waals surface area contributed by atoms with Gasteiger partial charge in [-0.15, -0.1) is 0 Å². The third kappa shape index (κ3) is 1.58. The third-order valence-electron chi connectivity index (χ3n) is 3.01. The summed E-state index contributed by atoms with van der Waals surface area (Å²) in [6, 6.07) is 10.6. The summed E-state index contributed by atoms with van der Waals surface area (Å²) >= 11 is 0. The largest absolute Gasteiger partial charge is 0.363 e. The van der Waals surface area contributed by atoms with Crippen LogP contribution in [0.15, 0.2) is 34.9 Å². The third-order valence-corrected chi connectivity index (χ3v) is 3.01. The van der Waals surface area contributed by atoms with Gasteiger partial charge in [0.25, 0.3) is 0 Å². The van der Waals surface area contributed by atoms with Crippen molar-refractivity contribution < 1.29 is 4.52 Å². The van der Waals surface area contributed by atoms with Gasteiger partial charge in [-0.3, -0.25) is 0 Å². The minimum Gasteiger partial charge on any atom is -0.363 e. The molecule has 1 aliphatic rings. The van der Waals surface area contributed by atoms with Crippen molar-refractivity contribution in [2.75, 3.05) is 11.4 Å². The van der Waals surface area contributed by atoms with E-state index in [0.717, 1.165) is 31.0 Å². The predicted octanol–water partition coefficient (Wildman–Crippen LogP) is 2.55. The Morgan fingerprint density at radius 3 is 3.06 bits per heavy atom. The monoisotopic (exact) mass is 214 g/mol. The molecular weight excluding hydrogens is 200 g/mol. The maximum Gasteiger partial charge on any atom is 0.156 e. The predicted molar refractivity (Wildman–Crippen MR) is 62.4 cm³/mol. The molecule has 2 heterocycles. The molecular formula is C13H14N2O. The Kier molecular flexibility index (Phi) is 2.17. The SMILES string of the molecule is Cc1cc(CN2CCc3ccccc32)on1. The number of aryl methyl sites for hydroxylation is 1. The second-order valence-electron chi connectivity index (χ2n) is 4.23. The molecule has 0 saturated carbocycles. The first-order valence-electron chi connectivity index (χ1n) is 5.58. The van der Waals surface area contributed by atoms with E-state index in [9.17, 15) is 0 Å². The van der Waals surface area contributed by atoms with Crippen molar-refractivity contribution in [2.24, 2.45) is 0 Å². The van der Waals surface area contributed by atoms with Gasteiger partial charge in [-0.25, -0.2) is 0 Å². The summed E-state index contributed by atoms with van der Waals surface area (Å²) in [5, 5.41) is 3.91. The second kappa shape index (κ2) is 3.67. The highest BCUT2D eigenvalue weighted by atomic mass is 16.5. The van der Waals surface area contributed by atoms with E-state index in [0.29, 0.717) is 0 Å². The molecule has 3 rings (SSSR count). The number of rotatable bonds is 2. The molecule has 0 amide bonds. The summed E-state index contributed by atoms with van der Waals surface area (Å²) in [4.78, 5) is 2.34. The molecule has 3 heteroatoms.